The molecule has 1 aromatic rings. The van der Waals surface area contributed by atoms with Crippen molar-refractivity contribution in [2.45, 2.75) is 51.2 Å². The Labute approximate surface area is 117 Å². The van der Waals surface area contributed by atoms with Gasteiger partial charge in [0.2, 0.25) is 0 Å². The summed E-state index contributed by atoms with van der Waals surface area (Å²) in [6.45, 7) is 1.74. The summed E-state index contributed by atoms with van der Waals surface area (Å²) in [7, 11) is 0. The lowest BCUT2D eigenvalue weighted by Gasteiger charge is -2.26. The molecule has 0 saturated heterocycles. The van der Waals surface area contributed by atoms with Crippen molar-refractivity contribution >= 4 is 5.97 Å². The Balaban J connectivity index is 2.10. The molecule has 0 bridgehead atoms. The molecule has 0 aromatic heterocycles. The summed E-state index contributed by atoms with van der Waals surface area (Å²) in [6.07, 6.45) is 2.20. The van der Waals surface area contributed by atoms with Crippen molar-refractivity contribution in [3.8, 4) is 11.5 Å². The third kappa shape index (κ3) is 3.42. The average Bonchev–Trinajstić information content (AvgIpc) is 2.32. The van der Waals surface area contributed by atoms with Crippen molar-refractivity contribution in [3.63, 3.8) is 0 Å². The zero-order chi connectivity index (χ0) is 14.7. The van der Waals surface area contributed by atoms with Gasteiger partial charge in [-0.2, -0.15) is 0 Å². The summed E-state index contributed by atoms with van der Waals surface area (Å²) >= 11 is 0. The number of hydrogen-bond acceptors (Lipinski definition) is 5. The topological polar surface area (TPSA) is 87.0 Å². The highest BCUT2D eigenvalue weighted by molar-refractivity contribution is 5.76. The van der Waals surface area contributed by atoms with Crippen LogP contribution in [0.15, 0.2) is 12.1 Å². The number of esters is 1. The van der Waals surface area contributed by atoms with Crippen molar-refractivity contribution < 1.29 is 24.9 Å². The van der Waals surface area contributed by atoms with Crippen molar-refractivity contribution in [1.82, 2.24) is 0 Å². The van der Waals surface area contributed by atoms with Crippen LogP contribution in [0.1, 0.15) is 49.8 Å². The number of benzene rings is 1. The maximum Gasteiger partial charge on any atom is 0.310 e. The maximum absolute atomic E-state index is 11.6. The zero-order valence-corrected chi connectivity index (χ0v) is 11.5. The molecule has 20 heavy (non-hydrogen) atoms. The van der Waals surface area contributed by atoms with Gasteiger partial charge < -0.3 is 20.1 Å². The number of fused-ring (bicyclic) bond motifs is 1. The van der Waals surface area contributed by atoms with E-state index in [1.807, 2.05) is 0 Å². The average molecular weight is 280 g/mol. The first kappa shape index (κ1) is 14.7. The number of carbonyl (C=O) groups is 1. The summed E-state index contributed by atoms with van der Waals surface area (Å²) in [5.74, 6) is -0.431. The van der Waals surface area contributed by atoms with E-state index in [4.69, 9.17) is 4.74 Å². The normalized spacial score (nSPS) is 19.3. The largest absolute Gasteiger partial charge is 0.508 e. The van der Waals surface area contributed by atoms with E-state index in [0.29, 0.717) is 24.0 Å². The van der Waals surface area contributed by atoms with Gasteiger partial charge in [-0.05, 0) is 37.8 Å². The first-order valence-electron chi connectivity index (χ1n) is 6.89. The van der Waals surface area contributed by atoms with Gasteiger partial charge >= 0.3 is 5.97 Å². The van der Waals surface area contributed by atoms with E-state index in [1.165, 1.54) is 12.1 Å². The molecule has 1 aliphatic heterocycles. The number of unbranched alkanes of at least 4 members (excludes halogenated alkanes) is 1. The molecule has 0 spiro atoms. The minimum absolute atomic E-state index is 0.0342. The molecule has 5 nitrogen and oxygen atoms in total. The van der Waals surface area contributed by atoms with Gasteiger partial charge in [0.1, 0.15) is 17.6 Å². The smallest absolute Gasteiger partial charge is 0.310 e. The van der Waals surface area contributed by atoms with Crippen LogP contribution in [0.2, 0.25) is 0 Å². The molecule has 2 atom stereocenters. The molecule has 3 N–H and O–H groups in total. The van der Waals surface area contributed by atoms with Gasteiger partial charge in [0, 0.05) is 11.6 Å². The van der Waals surface area contributed by atoms with Gasteiger partial charge in [-0.3, -0.25) is 4.79 Å². The second-order valence-corrected chi connectivity index (χ2v) is 5.33. The number of aromatic hydroxyl groups is 2. The van der Waals surface area contributed by atoms with Crippen LogP contribution < -0.4 is 0 Å². The standard InChI is InChI=1S/C15H20O5/c1-9(16)4-2-3-5-13-15-10(7-14(19)20-13)6-11(17)8-12(15)18/h6,8-9,13,16-18H,2-5,7H2,1H3. The van der Waals surface area contributed by atoms with E-state index < -0.39 is 6.10 Å². The number of hydrogen-bond donors (Lipinski definition) is 3. The summed E-state index contributed by atoms with van der Waals surface area (Å²) in [5.41, 5.74) is 1.22. The number of aliphatic hydroxyl groups excluding tert-OH is 1. The van der Waals surface area contributed by atoms with Crippen molar-refractivity contribution in [2.75, 3.05) is 0 Å². The Morgan fingerprint density at radius 1 is 1.35 bits per heavy atom. The number of ether oxygens (including phenoxy) is 1. The SMILES string of the molecule is CC(O)CCCCC1OC(=O)Cc2cc(O)cc(O)c21. The van der Waals surface area contributed by atoms with Gasteiger partial charge in [0.05, 0.1) is 12.5 Å². The fourth-order valence-electron chi connectivity index (χ4n) is 2.59. The maximum atomic E-state index is 11.6. The molecular formula is C15H20O5. The lowest BCUT2D eigenvalue weighted by atomic mass is 9.92. The second kappa shape index (κ2) is 6.13. The predicted molar refractivity (Wildman–Crippen MR) is 72.5 cm³/mol. The molecule has 0 amide bonds. The molecule has 2 unspecified atom stereocenters. The fourth-order valence-corrected chi connectivity index (χ4v) is 2.59. The lowest BCUT2D eigenvalue weighted by molar-refractivity contribution is -0.150. The van der Waals surface area contributed by atoms with Crippen LogP contribution in [0.5, 0.6) is 11.5 Å². The first-order chi connectivity index (χ1) is 9.47. The van der Waals surface area contributed by atoms with Gasteiger partial charge in [0.15, 0.2) is 0 Å². The van der Waals surface area contributed by atoms with Crippen molar-refractivity contribution in [2.24, 2.45) is 0 Å². The molecule has 1 aromatic carbocycles. The number of cyclic esters (lactones) is 1. The quantitative estimate of drug-likeness (QED) is 0.568. The van der Waals surface area contributed by atoms with Crippen molar-refractivity contribution in [3.05, 3.63) is 23.3 Å². The molecule has 0 saturated carbocycles. The summed E-state index contributed by atoms with van der Waals surface area (Å²) in [5, 5.41) is 28.6. The Morgan fingerprint density at radius 3 is 2.80 bits per heavy atom. The Bertz CT molecular complexity index is 495. The third-order valence-corrected chi connectivity index (χ3v) is 3.50. The number of aliphatic hydroxyl groups is 1. The van der Waals surface area contributed by atoms with Crippen LogP contribution in [0.25, 0.3) is 0 Å². The molecule has 0 fully saturated rings. The van der Waals surface area contributed by atoms with E-state index in [9.17, 15) is 20.1 Å². The molecule has 1 heterocycles. The van der Waals surface area contributed by atoms with E-state index in [0.717, 1.165) is 12.8 Å². The molecule has 110 valence electrons. The predicted octanol–water partition coefficient (Wildman–Crippen LogP) is 2.18. The molecule has 0 aliphatic carbocycles. The number of carbonyl (C=O) groups excluding carboxylic acids is 1. The molecule has 1 aliphatic rings. The van der Waals surface area contributed by atoms with Crippen LogP contribution >= 0.6 is 0 Å². The van der Waals surface area contributed by atoms with Crippen LogP contribution in [0.4, 0.5) is 0 Å². The first-order valence-corrected chi connectivity index (χ1v) is 6.89. The van der Waals surface area contributed by atoms with Crippen LogP contribution in [0, 0.1) is 0 Å². The third-order valence-electron chi connectivity index (χ3n) is 3.50. The van der Waals surface area contributed by atoms with Crippen LogP contribution in [-0.2, 0) is 16.0 Å². The van der Waals surface area contributed by atoms with Gasteiger partial charge in [-0.15, -0.1) is 0 Å². The molecule has 0 radical (unpaired) electrons. The van der Waals surface area contributed by atoms with E-state index in [2.05, 4.69) is 0 Å². The molecular weight excluding hydrogens is 260 g/mol. The number of rotatable bonds is 5. The second-order valence-electron chi connectivity index (χ2n) is 5.33. The fraction of sp³-hybridized carbons (Fsp3) is 0.533. The van der Waals surface area contributed by atoms with Gasteiger partial charge in [0.25, 0.3) is 0 Å². The Morgan fingerprint density at radius 2 is 2.10 bits per heavy atom. The monoisotopic (exact) mass is 280 g/mol. The Hall–Kier alpha value is -1.75. The minimum atomic E-state index is -0.471. The van der Waals surface area contributed by atoms with Gasteiger partial charge in [-0.1, -0.05) is 6.42 Å². The number of phenols is 2. The molecule has 2 rings (SSSR count). The van der Waals surface area contributed by atoms with E-state index >= 15 is 0 Å². The highest BCUT2D eigenvalue weighted by atomic mass is 16.5. The van der Waals surface area contributed by atoms with E-state index in [-0.39, 0.29) is 30.0 Å². The summed E-state index contributed by atoms with van der Waals surface area (Å²) in [6, 6.07) is 2.76. The molecule has 5 heteroatoms. The number of phenolic OH excluding ortho intramolecular Hbond substituents is 2. The summed E-state index contributed by atoms with van der Waals surface area (Å²) in [4.78, 5) is 11.6. The highest BCUT2D eigenvalue weighted by Crippen LogP contribution is 2.39. The van der Waals surface area contributed by atoms with Crippen LogP contribution in [0.3, 0.4) is 0 Å². The van der Waals surface area contributed by atoms with Gasteiger partial charge in [-0.25, -0.2) is 0 Å². The minimum Gasteiger partial charge on any atom is -0.508 e. The highest BCUT2D eigenvalue weighted by Gasteiger charge is 2.29. The zero-order valence-electron chi connectivity index (χ0n) is 11.5. The Kier molecular flexibility index (Phi) is 4.49. The summed E-state index contributed by atoms with van der Waals surface area (Å²) < 4.78 is 5.30. The van der Waals surface area contributed by atoms with Crippen LogP contribution in [-0.4, -0.2) is 27.4 Å². The van der Waals surface area contributed by atoms with Crippen molar-refractivity contribution in [1.29, 1.82) is 0 Å². The lowest BCUT2D eigenvalue weighted by Crippen LogP contribution is -2.21. The van der Waals surface area contributed by atoms with E-state index in [1.54, 1.807) is 6.92 Å².